The third-order valence-electron chi connectivity index (χ3n) is 2.73. The number of thiazole rings is 1. The van der Waals surface area contributed by atoms with Gasteiger partial charge in [-0.2, -0.15) is 0 Å². The first-order chi connectivity index (χ1) is 9.74. The largest absolute Gasteiger partial charge is 0.469 e. The van der Waals surface area contributed by atoms with Gasteiger partial charge in [-0.1, -0.05) is 0 Å². The number of carbonyl (C=O) groups excluding carboxylic acids is 1. The van der Waals surface area contributed by atoms with Gasteiger partial charge in [0.25, 0.3) is 0 Å². The maximum Gasteiger partial charge on any atom is 0.311 e. The number of ether oxygens (including phenoxy) is 3. The van der Waals surface area contributed by atoms with Crippen molar-refractivity contribution in [2.24, 2.45) is 0 Å². The van der Waals surface area contributed by atoms with E-state index in [4.69, 9.17) is 9.47 Å². The molecule has 0 amide bonds. The summed E-state index contributed by atoms with van der Waals surface area (Å²) in [5.41, 5.74) is 1.54. The van der Waals surface area contributed by atoms with Crippen LogP contribution in [0.2, 0.25) is 0 Å². The van der Waals surface area contributed by atoms with Crippen LogP contribution in [0.25, 0.3) is 0 Å². The number of nitrogens with zero attached hydrogens (tertiary/aromatic N) is 1. The van der Waals surface area contributed by atoms with Gasteiger partial charge in [-0.05, 0) is 12.1 Å². The lowest BCUT2D eigenvalue weighted by molar-refractivity contribution is -0.139. The molecule has 6 nitrogen and oxygen atoms in total. The first-order valence-electron chi connectivity index (χ1n) is 5.92. The van der Waals surface area contributed by atoms with E-state index >= 15 is 0 Å². The highest BCUT2D eigenvalue weighted by molar-refractivity contribution is 7.13. The molecule has 0 bridgehead atoms. The molecular weight excluding hydrogens is 280 g/mol. The van der Waals surface area contributed by atoms with Crippen LogP contribution in [0.1, 0.15) is 5.69 Å². The van der Waals surface area contributed by atoms with Crippen LogP contribution < -0.4 is 14.8 Å². The van der Waals surface area contributed by atoms with Gasteiger partial charge in [-0.15, -0.1) is 11.3 Å². The van der Waals surface area contributed by atoms with Crippen LogP contribution in [-0.4, -0.2) is 24.9 Å². The third-order valence-corrected chi connectivity index (χ3v) is 3.54. The Balaban J connectivity index is 1.70. The highest BCUT2D eigenvalue weighted by Crippen LogP contribution is 2.35. The van der Waals surface area contributed by atoms with E-state index in [0.29, 0.717) is 16.6 Å². The summed E-state index contributed by atoms with van der Waals surface area (Å²) in [6, 6.07) is 5.58. The lowest BCUT2D eigenvalue weighted by Gasteiger charge is -2.03. The van der Waals surface area contributed by atoms with Crippen LogP contribution in [0.4, 0.5) is 10.8 Å². The molecule has 2 aromatic rings. The molecule has 1 aliphatic rings. The summed E-state index contributed by atoms with van der Waals surface area (Å²) in [6.07, 6.45) is 0.176. The fraction of sp³-hybridized carbons (Fsp3) is 0.231. The topological polar surface area (TPSA) is 69.7 Å². The number of anilines is 2. The van der Waals surface area contributed by atoms with E-state index in [-0.39, 0.29) is 19.2 Å². The Bertz CT molecular complexity index is 641. The Kier molecular flexibility index (Phi) is 3.42. The predicted octanol–water partition coefficient (Wildman–Crippen LogP) is 2.33. The zero-order chi connectivity index (χ0) is 13.9. The lowest BCUT2D eigenvalue weighted by Crippen LogP contribution is -2.04. The van der Waals surface area contributed by atoms with Crippen molar-refractivity contribution in [2.45, 2.75) is 6.42 Å². The van der Waals surface area contributed by atoms with Crippen molar-refractivity contribution in [2.75, 3.05) is 19.2 Å². The van der Waals surface area contributed by atoms with Gasteiger partial charge >= 0.3 is 5.97 Å². The van der Waals surface area contributed by atoms with E-state index in [2.05, 4.69) is 15.0 Å². The normalized spacial score (nSPS) is 12.2. The zero-order valence-corrected chi connectivity index (χ0v) is 11.5. The van der Waals surface area contributed by atoms with Gasteiger partial charge in [0.1, 0.15) is 0 Å². The van der Waals surface area contributed by atoms with Gasteiger partial charge in [0.2, 0.25) is 6.79 Å². The minimum atomic E-state index is -0.301. The van der Waals surface area contributed by atoms with Crippen LogP contribution >= 0.6 is 11.3 Å². The van der Waals surface area contributed by atoms with Crippen LogP contribution in [0.15, 0.2) is 23.6 Å². The fourth-order valence-corrected chi connectivity index (χ4v) is 2.49. The standard InChI is InChI=1S/C13H12N2O4S/c1-17-12(16)5-9-6-20-13(15-9)14-8-2-3-10-11(4-8)19-7-18-10/h2-4,6H,5,7H2,1H3,(H,14,15). The third kappa shape index (κ3) is 2.67. The molecule has 1 aliphatic heterocycles. The van der Waals surface area contributed by atoms with Crippen molar-refractivity contribution < 1.29 is 19.0 Å². The first-order valence-corrected chi connectivity index (χ1v) is 6.80. The molecule has 3 rings (SSSR count). The Morgan fingerprint density at radius 2 is 2.30 bits per heavy atom. The summed E-state index contributed by atoms with van der Waals surface area (Å²) in [5.74, 6) is 1.15. The van der Waals surface area contributed by atoms with Crippen molar-refractivity contribution in [3.8, 4) is 11.5 Å². The van der Waals surface area contributed by atoms with Crippen molar-refractivity contribution >= 4 is 28.1 Å². The molecule has 0 atom stereocenters. The molecule has 7 heteroatoms. The van der Waals surface area contributed by atoms with Crippen molar-refractivity contribution in [3.05, 3.63) is 29.3 Å². The predicted molar refractivity (Wildman–Crippen MR) is 73.7 cm³/mol. The van der Waals surface area contributed by atoms with Crippen LogP contribution in [0.5, 0.6) is 11.5 Å². The Morgan fingerprint density at radius 3 is 3.15 bits per heavy atom. The van der Waals surface area contributed by atoms with Crippen LogP contribution in [0, 0.1) is 0 Å². The Hall–Kier alpha value is -2.28. The monoisotopic (exact) mass is 292 g/mol. The molecular formula is C13H12N2O4S. The molecule has 20 heavy (non-hydrogen) atoms. The number of esters is 1. The van der Waals surface area contributed by atoms with Gasteiger partial charge in [0, 0.05) is 17.1 Å². The molecule has 0 aliphatic carbocycles. The SMILES string of the molecule is COC(=O)Cc1csc(Nc2ccc3c(c2)OCO3)n1. The molecule has 1 aromatic heterocycles. The van der Waals surface area contributed by atoms with E-state index in [1.165, 1.54) is 18.4 Å². The smallest absolute Gasteiger partial charge is 0.311 e. The fourth-order valence-electron chi connectivity index (χ4n) is 1.76. The van der Waals surface area contributed by atoms with E-state index in [9.17, 15) is 4.79 Å². The van der Waals surface area contributed by atoms with Gasteiger partial charge in [-0.25, -0.2) is 4.98 Å². The first kappa shape index (κ1) is 12.7. The molecule has 0 fully saturated rings. The van der Waals surface area contributed by atoms with E-state index < -0.39 is 0 Å². The number of nitrogens with one attached hydrogen (secondary N) is 1. The maximum atomic E-state index is 11.2. The number of hydrogen-bond acceptors (Lipinski definition) is 7. The molecule has 0 spiro atoms. The average Bonchev–Trinajstić information content (AvgIpc) is 3.07. The minimum absolute atomic E-state index is 0.176. The van der Waals surface area contributed by atoms with E-state index in [0.717, 1.165) is 11.4 Å². The second-order valence-corrected chi connectivity index (χ2v) is 4.95. The number of aromatic nitrogens is 1. The highest BCUT2D eigenvalue weighted by atomic mass is 32.1. The number of carbonyl (C=O) groups is 1. The zero-order valence-electron chi connectivity index (χ0n) is 10.7. The summed E-state index contributed by atoms with van der Waals surface area (Å²) in [6.45, 7) is 0.249. The molecule has 0 saturated carbocycles. The molecule has 1 N–H and O–H groups in total. The summed E-state index contributed by atoms with van der Waals surface area (Å²) in [5, 5.41) is 5.70. The summed E-state index contributed by atoms with van der Waals surface area (Å²) >= 11 is 1.43. The Morgan fingerprint density at radius 1 is 1.45 bits per heavy atom. The van der Waals surface area contributed by atoms with Gasteiger partial charge in [0.15, 0.2) is 16.6 Å². The number of hydrogen-bond donors (Lipinski definition) is 1. The van der Waals surface area contributed by atoms with Gasteiger partial charge < -0.3 is 19.5 Å². The summed E-state index contributed by atoms with van der Waals surface area (Å²) in [4.78, 5) is 15.5. The summed E-state index contributed by atoms with van der Waals surface area (Å²) < 4.78 is 15.2. The maximum absolute atomic E-state index is 11.2. The van der Waals surface area contributed by atoms with Crippen molar-refractivity contribution in [1.29, 1.82) is 0 Å². The van der Waals surface area contributed by atoms with Gasteiger partial charge in [0.05, 0.1) is 19.2 Å². The molecule has 0 saturated heterocycles. The number of benzene rings is 1. The number of methoxy groups -OCH3 is 1. The molecule has 1 aromatic carbocycles. The highest BCUT2D eigenvalue weighted by Gasteiger charge is 2.14. The Labute approximate surface area is 119 Å². The van der Waals surface area contributed by atoms with Crippen LogP contribution in [0.3, 0.4) is 0 Å². The second kappa shape index (κ2) is 5.38. The lowest BCUT2D eigenvalue weighted by atomic mass is 10.3. The van der Waals surface area contributed by atoms with E-state index in [1.807, 2.05) is 23.6 Å². The quantitative estimate of drug-likeness (QED) is 0.872. The minimum Gasteiger partial charge on any atom is -0.469 e. The van der Waals surface area contributed by atoms with Crippen molar-refractivity contribution in [1.82, 2.24) is 4.98 Å². The molecule has 0 unspecified atom stereocenters. The van der Waals surface area contributed by atoms with E-state index in [1.54, 1.807) is 0 Å². The van der Waals surface area contributed by atoms with Crippen molar-refractivity contribution in [3.63, 3.8) is 0 Å². The molecule has 104 valence electrons. The molecule has 0 radical (unpaired) electrons. The number of fused-ring (bicyclic) bond motifs is 1. The van der Waals surface area contributed by atoms with Gasteiger partial charge in [-0.3, -0.25) is 4.79 Å². The molecule has 2 heterocycles. The number of rotatable bonds is 4. The second-order valence-electron chi connectivity index (χ2n) is 4.09. The summed E-state index contributed by atoms with van der Waals surface area (Å²) in [7, 11) is 1.36. The van der Waals surface area contributed by atoms with Crippen LogP contribution in [-0.2, 0) is 16.0 Å². The average molecular weight is 292 g/mol.